The van der Waals surface area contributed by atoms with Gasteiger partial charge in [0.1, 0.15) is 79.2 Å². The molecule has 710 valence electrons. The average molecular weight is 1830 g/mol. The average Bonchev–Trinajstić information content (AvgIpc) is 1.07. The fourth-order valence-electron chi connectivity index (χ4n) is 11.8. The van der Waals surface area contributed by atoms with Gasteiger partial charge >= 0.3 is 59.7 Å². The van der Waals surface area contributed by atoms with Crippen molar-refractivity contribution in [1.29, 1.82) is 0 Å². The Balaban J connectivity index is 0.000000380. The highest BCUT2D eigenvalue weighted by Crippen LogP contribution is 2.35. The molecule has 0 aromatic heterocycles. The lowest BCUT2D eigenvalue weighted by Crippen LogP contribution is -2.25. The van der Waals surface area contributed by atoms with Crippen LogP contribution in [0.1, 0.15) is 115 Å². The van der Waals surface area contributed by atoms with Crippen molar-refractivity contribution in [3.63, 3.8) is 0 Å². The van der Waals surface area contributed by atoms with Crippen molar-refractivity contribution < 1.29 is 151 Å². The minimum atomic E-state index is -0.996. The number of carbonyl (C=O) groups is 10. The first-order valence-electron chi connectivity index (χ1n) is 42.4. The van der Waals surface area contributed by atoms with Crippen molar-refractivity contribution in [3.05, 3.63) is 275 Å². The molecule has 132 heavy (non-hydrogen) atoms. The minimum Gasteiger partial charge on any atom is -0.508 e. The molecule has 31 nitrogen and oxygen atoms in total. The molecular weight excluding hydrogens is 1710 g/mol. The Bertz CT molecular complexity index is 4830. The second-order valence-corrected chi connectivity index (χ2v) is 28.7. The van der Waals surface area contributed by atoms with Gasteiger partial charge in [0.15, 0.2) is 0 Å². The maximum Gasteiger partial charge on any atom is 0.335 e. The molecule has 3 fully saturated rings. The molecular formula is C101H120O31. The molecule has 31 heteroatoms. The number of phenols is 3. The lowest BCUT2D eigenvalue weighted by molar-refractivity contribution is -0.145. The van der Waals surface area contributed by atoms with E-state index in [9.17, 15) is 68.4 Å². The number of ether oxygens (including phenoxy) is 10. The largest absolute Gasteiger partial charge is 0.508 e. The van der Waals surface area contributed by atoms with E-state index in [1.807, 2.05) is 72.8 Å². The van der Waals surface area contributed by atoms with Gasteiger partial charge in [0.2, 0.25) is 0 Å². The van der Waals surface area contributed by atoms with E-state index < -0.39 is 54.6 Å². The van der Waals surface area contributed by atoms with Gasteiger partial charge in [0.25, 0.3) is 0 Å². The van der Waals surface area contributed by atoms with E-state index in [1.54, 1.807) is 91.0 Å². The molecule has 0 amide bonds. The number of hydrogen-bond donors (Lipinski definition) is 11. The zero-order valence-corrected chi connectivity index (χ0v) is 73.7. The van der Waals surface area contributed by atoms with Gasteiger partial charge in [-0.05, 0) is 167 Å². The van der Waals surface area contributed by atoms with Crippen LogP contribution >= 0.6 is 0 Å². The van der Waals surface area contributed by atoms with Crippen LogP contribution in [0.4, 0.5) is 0 Å². The van der Waals surface area contributed by atoms with Crippen LogP contribution in [0, 0.1) is 5.92 Å². The molecule has 11 N–H and O–H groups in total. The van der Waals surface area contributed by atoms with E-state index in [1.165, 1.54) is 24.6 Å². The second-order valence-electron chi connectivity index (χ2n) is 28.7. The Morgan fingerprint density at radius 3 is 1.36 bits per heavy atom. The number of fused-ring (bicyclic) bond motifs is 2. The van der Waals surface area contributed by atoms with Crippen LogP contribution in [0.2, 0.25) is 0 Å². The smallest absolute Gasteiger partial charge is 0.335 e. The molecule has 5 aliphatic carbocycles. The zero-order valence-electron chi connectivity index (χ0n) is 73.7. The summed E-state index contributed by atoms with van der Waals surface area (Å²) in [5, 5.41) is 101. The third-order valence-electron chi connectivity index (χ3n) is 18.8. The van der Waals surface area contributed by atoms with Gasteiger partial charge in [-0.3, -0.25) is 0 Å². The van der Waals surface area contributed by atoms with Crippen LogP contribution in [0.25, 0.3) is 38.7 Å². The second kappa shape index (κ2) is 66.6. The monoisotopic (exact) mass is 1830 g/mol. The Hall–Kier alpha value is -13.8. The number of benzene rings is 7. The van der Waals surface area contributed by atoms with Gasteiger partial charge < -0.3 is 104 Å². The van der Waals surface area contributed by atoms with Gasteiger partial charge in [-0.2, -0.15) is 0 Å². The molecule has 0 aliphatic heterocycles. The van der Waals surface area contributed by atoms with Crippen LogP contribution < -0.4 is 14.2 Å². The summed E-state index contributed by atoms with van der Waals surface area (Å²) in [6, 6.07) is 43.9. The van der Waals surface area contributed by atoms with Gasteiger partial charge in [-0.15, -0.1) is 0 Å². The number of carbonyl (C=O) groups excluding carboxylic acids is 10. The normalized spacial score (nSPS) is 16.3. The number of aliphatic hydroxyl groups is 8. The maximum atomic E-state index is 11.2. The number of allylic oxidation sites excluding steroid dienone is 2. The number of esters is 10. The molecule has 5 aliphatic rings. The van der Waals surface area contributed by atoms with Crippen LogP contribution in [-0.2, 0) is 81.1 Å². The summed E-state index contributed by atoms with van der Waals surface area (Å²) in [6.07, 6.45) is 27.9. The first-order valence-corrected chi connectivity index (χ1v) is 42.4. The third kappa shape index (κ3) is 47.5. The van der Waals surface area contributed by atoms with Gasteiger partial charge in [-0.1, -0.05) is 174 Å². The molecule has 12 rings (SSSR count). The molecule has 5 atom stereocenters. The third-order valence-corrected chi connectivity index (χ3v) is 18.8. The van der Waals surface area contributed by atoms with E-state index in [0.29, 0.717) is 57.7 Å². The Morgan fingerprint density at radius 1 is 0.402 bits per heavy atom. The highest BCUT2D eigenvalue weighted by atomic mass is 16.6. The minimum absolute atomic E-state index is 0.0149. The predicted molar refractivity (Wildman–Crippen MR) is 494 cm³/mol. The lowest BCUT2D eigenvalue weighted by Gasteiger charge is -2.27. The van der Waals surface area contributed by atoms with Crippen molar-refractivity contribution in [2.24, 2.45) is 5.92 Å². The number of hydrogen-bond acceptors (Lipinski definition) is 31. The Kier molecular flexibility index (Phi) is 56.7. The van der Waals surface area contributed by atoms with E-state index in [4.69, 9.17) is 68.9 Å². The van der Waals surface area contributed by atoms with Crippen LogP contribution in [0.5, 0.6) is 34.5 Å². The maximum absolute atomic E-state index is 11.2. The van der Waals surface area contributed by atoms with Crippen molar-refractivity contribution in [1.82, 2.24) is 0 Å². The SMILES string of the molecule is C=CC(=O)OC1CC1O.C=CC(=O)OC1CCC(O)CC1.C=CC(=O)OCC(O)CO.C=CC(=O)OCCC1CCCCC1O.C=CC(=O)Oc1ccc(-c2ccc(O)cc2)cc1.C=CC(=O)Oc1ccc(O)c2ccccc12.C=CC(=O)Oc1cccc2c(O)cccc12.O=C(/C=C/c1ccccc1)OCCO.O=C(OCCO)C1=CCCC1.O=C(OCCO)C1=CCCCC1. The summed E-state index contributed by atoms with van der Waals surface area (Å²) in [4.78, 5) is 108. The summed E-state index contributed by atoms with van der Waals surface area (Å²) >= 11 is 0. The first kappa shape index (κ1) is 112. The van der Waals surface area contributed by atoms with Crippen LogP contribution in [-0.4, -0.2) is 212 Å². The molecule has 0 saturated heterocycles. The van der Waals surface area contributed by atoms with Gasteiger partial charge in [-0.25, -0.2) is 47.9 Å². The number of rotatable bonds is 29. The fourth-order valence-corrected chi connectivity index (χ4v) is 11.8. The lowest BCUT2D eigenvalue weighted by atomic mass is 9.85. The van der Waals surface area contributed by atoms with E-state index >= 15 is 0 Å². The predicted octanol–water partition coefficient (Wildman–Crippen LogP) is 12.9. The van der Waals surface area contributed by atoms with Crippen molar-refractivity contribution in [2.75, 3.05) is 59.5 Å². The molecule has 7 aromatic rings. The summed E-state index contributed by atoms with van der Waals surface area (Å²) in [7, 11) is 0. The molecule has 0 radical (unpaired) electrons. The summed E-state index contributed by atoms with van der Waals surface area (Å²) in [5.41, 5.74) is 4.43. The van der Waals surface area contributed by atoms with E-state index in [-0.39, 0.29) is 112 Å². The highest BCUT2D eigenvalue weighted by Gasteiger charge is 2.38. The molecule has 0 spiro atoms. The van der Waals surface area contributed by atoms with Crippen molar-refractivity contribution in [3.8, 4) is 45.6 Å². The van der Waals surface area contributed by atoms with E-state index in [0.717, 1.165) is 161 Å². The summed E-state index contributed by atoms with van der Waals surface area (Å²) in [6.45, 7) is 22.7. The molecule has 7 aromatic carbocycles. The van der Waals surface area contributed by atoms with E-state index in [2.05, 4.69) is 60.3 Å². The standard InChI is InChI=1S/C15H12O3.2C13H10O3.C11H18O3.C11H12O3.2C9H14O3.C8H12O3.C6H10O4.C6H8O3/c1-2-15(17)18-14-9-5-12(6-10-14)11-3-7-13(16)8-4-11;1-2-13(15)16-12-8-4-5-9-10(12)6-3-7-11(9)14;1-2-13(15)16-12-8-7-11(14)9-5-3-4-6-10(9)12;1-2-11(13)14-8-7-9-5-3-4-6-10(9)12;12-8-9-14-11(13)7-6-10-4-2-1-3-5-10;1-2-9(11)12-8-5-3-7(10)4-6-8;10-6-7-12-9(11)8-4-2-1-3-5-8;9-5-6-11-8(10)7-3-1-2-4-7;1-2-6(9)10-4-5(8)3-7;1-2-6(8)9-5-3-4(5)7/h2-10,16H,1H2;2*2-8,14H,1H2;2,9-10,12H,1,3-8H2;1-7,12H,8-9H2;2,7-8,10H,1,3-6H2;4,10H,1-3,5-7H2;3,9H,1-2,4-6H2;2,5,7-8H,1,3-4H2;2,4-5,7H,1,3H2/b;;;;7-6+;;;;;. The Labute approximate surface area is 767 Å². The van der Waals surface area contributed by atoms with Crippen LogP contribution in [0.3, 0.4) is 0 Å². The molecule has 0 heterocycles. The fraction of sp³-hybridized carbons (Fsp3) is 0.327. The van der Waals surface area contributed by atoms with Gasteiger partial charge in [0.05, 0.1) is 51.3 Å². The summed E-state index contributed by atoms with van der Waals surface area (Å²) < 4.78 is 48.1. The molecule has 0 bridgehead atoms. The van der Waals surface area contributed by atoms with Crippen LogP contribution in [0.15, 0.2) is 270 Å². The Morgan fingerprint density at radius 2 is 0.856 bits per heavy atom. The van der Waals surface area contributed by atoms with Crippen molar-refractivity contribution >= 4 is 87.3 Å². The number of aliphatic hydroxyl groups excluding tert-OH is 8. The highest BCUT2D eigenvalue weighted by molar-refractivity contribution is 5.97. The summed E-state index contributed by atoms with van der Waals surface area (Å²) in [5.74, 6) is -2.13. The number of phenolic OH excluding ortho intramolecular Hbond substituents is 3. The van der Waals surface area contributed by atoms with Gasteiger partial charge in [0, 0.05) is 87.7 Å². The first-order chi connectivity index (χ1) is 63.5. The zero-order chi connectivity index (χ0) is 97.4. The molecule has 3 saturated carbocycles. The van der Waals surface area contributed by atoms with Crippen molar-refractivity contribution in [2.45, 2.75) is 146 Å². The number of aromatic hydroxyl groups is 3. The topological polar surface area (TPSA) is 486 Å². The molecule has 5 unspecified atom stereocenters. The quantitative estimate of drug-likeness (QED) is 0.00897.